The Kier molecular flexibility index (Phi) is 13.8. The van der Waals surface area contributed by atoms with E-state index < -0.39 is 17.8 Å². The number of aliphatic hydroxyl groups is 2. The number of ether oxygens (including phenoxy) is 3. The van der Waals surface area contributed by atoms with Gasteiger partial charge in [0.25, 0.3) is 0 Å². The van der Waals surface area contributed by atoms with E-state index in [1.54, 1.807) is 7.11 Å². The van der Waals surface area contributed by atoms with Crippen LogP contribution in [-0.2, 0) is 14.2 Å². The maximum atomic E-state index is 11.6. The summed E-state index contributed by atoms with van der Waals surface area (Å²) >= 11 is 0. The molecule has 2 heterocycles. The van der Waals surface area contributed by atoms with Gasteiger partial charge in [0.15, 0.2) is 17.4 Å². The van der Waals surface area contributed by atoms with Crippen LogP contribution in [0.5, 0.6) is 0 Å². The Labute approximate surface area is 180 Å². The third-order valence-corrected chi connectivity index (χ3v) is 3.91. The van der Waals surface area contributed by atoms with Crippen LogP contribution in [0.2, 0.25) is 0 Å². The monoisotopic (exact) mass is 386 g/mol. The molecule has 2 saturated heterocycles. The zero-order valence-electron chi connectivity index (χ0n) is 17.6. The van der Waals surface area contributed by atoms with Crippen LogP contribution in [-0.4, -0.2) is 121 Å². The second-order valence-electron chi connectivity index (χ2n) is 7.29. The topological polar surface area (TPSA) is 91.7 Å². The molecule has 2 N–H and O–H groups in total. The Morgan fingerprint density at radius 2 is 1.46 bits per heavy atom. The van der Waals surface area contributed by atoms with E-state index >= 15 is 0 Å². The van der Waals surface area contributed by atoms with Crippen LogP contribution in [0.1, 0.15) is 22.2 Å². The van der Waals surface area contributed by atoms with Gasteiger partial charge in [0.2, 0.25) is 0 Å². The van der Waals surface area contributed by atoms with Gasteiger partial charge < -0.3 is 35.7 Å². The Bertz CT molecular complexity index is 419. The number of hydrogen-bond donors (Lipinski definition) is 2. The van der Waals surface area contributed by atoms with E-state index in [2.05, 4.69) is 4.90 Å². The first-order chi connectivity index (χ1) is 11.1. The van der Waals surface area contributed by atoms with Gasteiger partial charge in [-0.25, -0.2) is 4.79 Å². The van der Waals surface area contributed by atoms with E-state index in [9.17, 15) is 15.0 Å². The second kappa shape index (κ2) is 12.6. The number of likely N-dealkylation sites (N-methyl/N-ethyl adjacent to an activating group) is 1. The smallest absolute Gasteiger partial charge is 1.00 e. The Morgan fingerprint density at radius 1 is 1.00 bits per heavy atom. The SMILES string of the molecule is CO[C@@H]1CN(C(=O)OC(C)(C)C)C[C@H]1O.CO[C@@H]1CN(C)C[C@H]1O.[AlH3].[H-].[Li+]. The molecule has 0 unspecified atom stereocenters. The zero-order chi connectivity index (χ0) is 18.5. The molecular formula is C16H36AlLiN2O6. The quantitative estimate of drug-likeness (QED) is 0.466. The summed E-state index contributed by atoms with van der Waals surface area (Å²) < 4.78 is 15.2. The van der Waals surface area contributed by atoms with Gasteiger partial charge in [-0.1, -0.05) is 0 Å². The summed E-state index contributed by atoms with van der Waals surface area (Å²) in [5, 5.41) is 18.7. The minimum Gasteiger partial charge on any atom is -1.00 e. The molecule has 0 bridgehead atoms. The Balaban J connectivity index is -0.000000420. The summed E-state index contributed by atoms with van der Waals surface area (Å²) in [6, 6.07) is 0. The Hall–Kier alpha value is 0.200. The van der Waals surface area contributed by atoms with Crippen molar-refractivity contribution in [1.82, 2.24) is 9.80 Å². The fourth-order valence-corrected chi connectivity index (χ4v) is 2.64. The van der Waals surface area contributed by atoms with Crippen LogP contribution in [0.25, 0.3) is 0 Å². The van der Waals surface area contributed by atoms with Crippen molar-refractivity contribution in [3.05, 3.63) is 0 Å². The minimum atomic E-state index is -0.623. The van der Waals surface area contributed by atoms with Gasteiger partial charge in [-0.2, -0.15) is 0 Å². The number of carbonyl (C=O) groups is 1. The average Bonchev–Trinajstić information content (AvgIpc) is 2.99. The van der Waals surface area contributed by atoms with Gasteiger partial charge in [0, 0.05) is 27.3 Å². The predicted octanol–water partition coefficient (Wildman–Crippen LogP) is -4.15. The van der Waals surface area contributed by atoms with Gasteiger partial charge in [0.1, 0.15) is 11.7 Å². The predicted molar refractivity (Wildman–Crippen MR) is 100.0 cm³/mol. The van der Waals surface area contributed by atoms with Crippen LogP contribution in [0.15, 0.2) is 0 Å². The van der Waals surface area contributed by atoms with Crippen molar-refractivity contribution in [1.29, 1.82) is 0 Å². The van der Waals surface area contributed by atoms with E-state index in [1.165, 1.54) is 12.0 Å². The number of rotatable bonds is 2. The first kappa shape index (κ1) is 28.4. The number of β-amino-alcohol motifs (C(OH)–C–C–N with tert-alkyl or cyclic N) is 2. The molecule has 1 amide bonds. The molecule has 4 atom stereocenters. The summed E-state index contributed by atoms with van der Waals surface area (Å²) in [7, 11) is 5.13. The molecule has 10 heteroatoms. The van der Waals surface area contributed by atoms with E-state index in [1.807, 2.05) is 27.8 Å². The summed E-state index contributed by atoms with van der Waals surface area (Å²) in [6.07, 6.45) is -1.60. The first-order valence-electron chi connectivity index (χ1n) is 8.15. The summed E-state index contributed by atoms with van der Waals surface area (Å²) in [4.78, 5) is 15.1. The molecule has 2 rings (SSSR count). The van der Waals surface area contributed by atoms with Crippen LogP contribution in [0, 0.1) is 0 Å². The van der Waals surface area contributed by atoms with Crippen molar-refractivity contribution in [2.24, 2.45) is 0 Å². The van der Waals surface area contributed by atoms with E-state index in [0.717, 1.165) is 13.1 Å². The van der Waals surface area contributed by atoms with Gasteiger partial charge in [0.05, 0.1) is 31.4 Å². The number of aliphatic hydroxyl groups excluding tert-OH is 2. The molecule has 2 fully saturated rings. The molecule has 26 heavy (non-hydrogen) atoms. The molecule has 8 nitrogen and oxygen atoms in total. The molecule has 150 valence electrons. The molecule has 2 aliphatic rings. The normalized spacial score (nSPS) is 28.5. The summed E-state index contributed by atoms with van der Waals surface area (Å²) in [5.41, 5.74) is -0.507. The van der Waals surface area contributed by atoms with Gasteiger partial charge >= 0.3 is 25.0 Å². The molecule has 2 aliphatic heterocycles. The van der Waals surface area contributed by atoms with Crippen molar-refractivity contribution in [3.63, 3.8) is 0 Å². The molecule has 0 aromatic rings. The molecule has 0 aliphatic carbocycles. The molecule has 0 spiro atoms. The zero-order valence-corrected chi connectivity index (χ0v) is 16.6. The number of nitrogens with zero attached hydrogens (tertiary/aromatic N) is 2. The molecule has 0 radical (unpaired) electrons. The third-order valence-electron chi connectivity index (χ3n) is 3.91. The average molecular weight is 386 g/mol. The van der Waals surface area contributed by atoms with Crippen LogP contribution in [0.3, 0.4) is 0 Å². The van der Waals surface area contributed by atoms with Crippen molar-refractivity contribution < 1.29 is 49.5 Å². The largest absolute Gasteiger partial charge is 1.00 e. The van der Waals surface area contributed by atoms with Crippen molar-refractivity contribution in [3.8, 4) is 0 Å². The van der Waals surface area contributed by atoms with Crippen LogP contribution < -0.4 is 18.9 Å². The van der Waals surface area contributed by atoms with Crippen molar-refractivity contribution >= 4 is 23.5 Å². The first-order valence-corrected chi connectivity index (χ1v) is 8.15. The van der Waals surface area contributed by atoms with Crippen LogP contribution in [0.4, 0.5) is 4.79 Å². The molecule has 0 aromatic carbocycles. The number of methoxy groups -OCH3 is 2. The van der Waals surface area contributed by atoms with Gasteiger partial charge in [-0.15, -0.1) is 0 Å². The summed E-state index contributed by atoms with van der Waals surface area (Å²) in [6.45, 7) is 7.66. The Morgan fingerprint density at radius 3 is 1.77 bits per heavy atom. The second-order valence-corrected chi connectivity index (χ2v) is 7.29. The van der Waals surface area contributed by atoms with E-state index in [0.29, 0.717) is 6.54 Å². The number of carbonyl (C=O) groups excluding carboxylic acids is 1. The molecule has 0 aromatic heterocycles. The van der Waals surface area contributed by atoms with Crippen molar-refractivity contribution in [2.45, 2.75) is 50.8 Å². The molecule has 0 saturated carbocycles. The maximum absolute atomic E-state index is 11.6. The fourth-order valence-electron chi connectivity index (χ4n) is 2.64. The number of likely N-dealkylation sites (tertiary alicyclic amines) is 2. The maximum Gasteiger partial charge on any atom is 1.00 e. The van der Waals surface area contributed by atoms with Gasteiger partial charge in [-0.3, -0.25) is 0 Å². The van der Waals surface area contributed by atoms with E-state index in [4.69, 9.17) is 14.2 Å². The summed E-state index contributed by atoms with van der Waals surface area (Å²) in [5.74, 6) is 0. The standard InChI is InChI=1S/C10H19NO4.C6H13NO2.Al.Li.4H/c1-10(2,3)15-9(13)11-5-7(12)8(6-11)14-4;1-7-3-5(8)6(4-7)9-2;;;;;;/h7-8,12H,5-6H2,1-4H3;5-6,8H,3-4H2,1-2H3;;;;;;/q;;;+1;;;;-1/t7-,8-;5-,6-;;;;;;/m11....../s1. The minimum absolute atomic E-state index is 0. The number of hydrogen-bond acceptors (Lipinski definition) is 7. The fraction of sp³-hybridized carbons (Fsp3) is 0.938. The van der Waals surface area contributed by atoms with Crippen LogP contribution >= 0.6 is 0 Å². The molecular weight excluding hydrogens is 350 g/mol. The third kappa shape index (κ3) is 9.41. The van der Waals surface area contributed by atoms with Gasteiger partial charge in [-0.05, 0) is 27.8 Å². The number of amides is 1. The van der Waals surface area contributed by atoms with Crippen molar-refractivity contribution in [2.75, 3.05) is 47.4 Å². The van der Waals surface area contributed by atoms with E-state index in [-0.39, 0.29) is 62.5 Å².